The molecule has 1 aromatic rings. The Morgan fingerprint density at radius 1 is 1.50 bits per heavy atom. The van der Waals surface area contributed by atoms with Gasteiger partial charge in [0.2, 0.25) is 0 Å². The van der Waals surface area contributed by atoms with Crippen LogP contribution in [0.1, 0.15) is 48.2 Å². The van der Waals surface area contributed by atoms with Crippen LogP contribution < -0.4 is 11.1 Å². The zero-order valence-corrected chi connectivity index (χ0v) is 12.9. The number of nitrogens with two attached hydrogens (primary N) is 1. The maximum Gasteiger partial charge on any atom is 0.255 e. The monoisotopic (exact) mass is 294 g/mol. The lowest BCUT2D eigenvalue weighted by molar-refractivity contribution is 0.0931. The minimum atomic E-state index is -0.211. The van der Waals surface area contributed by atoms with Crippen LogP contribution in [0.25, 0.3) is 0 Å². The molecule has 0 spiro atoms. The Morgan fingerprint density at radius 2 is 2.15 bits per heavy atom. The minimum absolute atomic E-state index is 0.140. The Labute approximate surface area is 124 Å². The lowest BCUT2D eigenvalue weighted by atomic mass is 9.83. The molecule has 1 amide bonds. The maximum atomic E-state index is 12.4. The molecule has 0 aromatic carbocycles. The van der Waals surface area contributed by atoms with E-state index in [1.165, 1.54) is 19.3 Å². The van der Waals surface area contributed by atoms with Crippen molar-refractivity contribution in [1.82, 2.24) is 15.1 Å². The van der Waals surface area contributed by atoms with Crippen molar-refractivity contribution in [1.29, 1.82) is 0 Å². The number of rotatable bonds is 4. The van der Waals surface area contributed by atoms with Gasteiger partial charge in [-0.25, -0.2) is 0 Å². The third-order valence-corrected chi connectivity index (χ3v) is 4.23. The number of aryl methyl sites for hydroxylation is 2. The Balaban J connectivity index is 2.09. The van der Waals surface area contributed by atoms with Gasteiger partial charge in [-0.2, -0.15) is 5.10 Å². The zero-order chi connectivity index (χ0) is 14.7. The van der Waals surface area contributed by atoms with E-state index in [0.29, 0.717) is 16.5 Å². The second-order valence-corrected chi connectivity index (χ2v) is 6.02. The number of carbonyl (C=O) groups excluding carboxylic acids is 1. The summed E-state index contributed by atoms with van der Waals surface area (Å²) in [5, 5.41) is 7.19. The van der Waals surface area contributed by atoms with E-state index >= 15 is 0 Å². The Morgan fingerprint density at radius 3 is 2.65 bits per heavy atom. The van der Waals surface area contributed by atoms with Gasteiger partial charge in [0.25, 0.3) is 5.91 Å². The molecule has 1 unspecified atom stereocenters. The van der Waals surface area contributed by atoms with E-state index in [4.69, 9.17) is 18.0 Å². The van der Waals surface area contributed by atoms with Crippen LogP contribution >= 0.6 is 12.2 Å². The first-order valence-electron chi connectivity index (χ1n) is 7.09. The van der Waals surface area contributed by atoms with E-state index in [0.717, 1.165) is 18.5 Å². The Hall–Kier alpha value is -1.43. The van der Waals surface area contributed by atoms with Gasteiger partial charge in [-0.1, -0.05) is 31.5 Å². The molecule has 1 aliphatic carbocycles. The molecular formula is C14H22N4OS. The number of hydrogen-bond donors (Lipinski definition) is 2. The lowest BCUT2D eigenvalue weighted by Crippen LogP contribution is -2.48. The molecule has 1 aliphatic rings. The number of nitrogens with zero attached hydrogens (tertiary/aromatic N) is 2. The number of amides is 1. The molecular weight excluding hydrogens is 272 g/mol. The molecule has 0 radical (unpaired) electrons. The molecule has 1 saturated carbocycles. The van der Waals surface area contributed by atoms with Crippen molar-refractivity contribution in [2.75, 3.05) is 0 Å². The molecule has 2 rings (SSSR count). The Bertz CT molecular complexity index is 505. The van der Waals surface area contributed by atoms with E-state index in [9.17, 15) is 4.79 Å². The first-order chi connectivity index (χ1) is 9.49. The predicted molar refractivity (Wildman–Crippen MR) is 82.6 cm³/mol. The summed E-state index contributed by atoms with van der Waals surface area (Å²) in [5.41, 5.74) is 7.14. The summed E-state index contributed by atoms with van der Waals surface area (Å²) in [6, 6.07) is -0.211. The van der Waals surface area contributed by atoms with Crippen molar-refractivity contribution in [2.45, 2.75) is 45.1 Å². The molecule has 1 heterocycles. The maximum absolute atomic E-state index is 12.4. The number of carbonyl (C=O) groups is 1. The second-order valence-electron chi connectivity index (χ2n) is 5.55. The second kappa shape index (κ2) is 6.35. The molecule has 1 atom stereocenters. The first-order valence-corrected chi connectivity index (χ1v) is 7.50. The summed E-state index contributed by atoms with van der Waals surface area (Å²) in [4.78, 5) is 12.7. The highest BCUT2D eigenvalue weighted by atomic mass is 32.1. The fourth-order valence-corrected chi connectivity index (χ4v) is 3.18. The van der Waals surface area contributed by atoms with Gasteiger partial charge in [-0.3, -0.25) is 9.48 Å². The lowest BCUT2D eigenvalue weighted by Gasteiger charge is -2.30. The highest BCUT2D eigenvalue weighted by Crippen LogP contribution is 2.27. The number of thiocarbonyl (C=S) groups is 1. The van der Waals surface area contributed by atoms with Crippen molar-refractivity contribution >= 4 is 23.1 Å². The molecule has 6 heteroatoms. The minimum Gasteiger partial charge on any atom is -0.392 e. The van der Waals surface area contributed by atoms with E-state index < -0.39 is 0 Å². The van der Waals surface area contributed by atoms with Crippen LogP contribution in [0.3, 0.4) is 0 Å². The zero-order valence-electron chi connectivity index (χ0n) is 12.1. The van der Waals surface area contributed by atoms with Crippen LogP contribution in [0.15, 0.2) is 6.20 Å². The largest absolute Gasteiger partial charge is 0.392 e. The van der Waals surface area contributed by atoms with E-state index in [-0.39, 0.29) is 11.9 Å². The summed E-state index contributed by atoms with van der Waals surface area (Å²) in [7, 11) is 1.80. The van der Waals surface area contributed by atoms with Crippen LogP contribution in [0.4, 0.5) is 0 Å². The van der Waals surface area contributed by atoms with Crippen LogP contribution in [0.5, 0.6) is 0 Å². The summed E-state index contributed by atoms with van der Waals surface area (Å²) in [6.07, 6.45) is 7.51. The predicted octanol–water partition coefficient (Wildman–Crippen LogP) is 1.69. The fraction of sp³-hybridized carbons (Fsp3) is 0.643. The van der Waals surface area contributed by atoms with Crippen LogP contribution in [0, 0.1) is 12.8 Å². The standard InChI is InChI=1S/C14H22N4OS/c1-9-11(8-18(2)17-9)14(19)16-12(13(15)20)10-6-4-3-5-7-10/h8,10,12H,3-7H2,1-2H3,(H2,15,20)(H,16,19). The smallest absolute Gasteiger partial charge is 0.255 e. The number of aromatic nitrogens is 2. The first kappa shape index (κ1) is 15.0. The van der Waals surface area contributed by atoms with Gasteiger partial charge in [0, 0.05) is 13.2 Å². The van der Waals surface area contributed by atoms with Crippen LogP contribution in [-0.4, -0.2) is 26.7 Å². The molecule has 0 bridgehead atoms. The van der Waals surface area contributed by atoms with E-state index in [1.54, 1.807) is 17.9 Å². The topological polar surface area (TPSA) is 72.9 Å². The molecule has 20 heavy (non-hydrogen) atoms. The van der Waals surface area contributed by atoms with Gasteiger partial charge in [0.05, 0.1) is 22.3 Å². The van der Waals surface area contributed by atoms with Gasteiger partial charge in [0.1, 0.15) is 0 Å². The summed E-state index contributed by atoms with van der Waals surface area (Å²) in [5.74, 6) is 0.223. The molecule has 0 aliphatic heterocycles. The van der Waals surface area contributed by atoms with Crippen molar-refractivity contribution in [3.05, 3.63) is 17.5 Å². The summed E-state index contributed by atoms with van der Waals surface area (Å²) >= 11 is 5.15. The highest BCUT2D eigenvalue weighted by Gasteiger charge is 2.28. The number of hydrogen-bond acceptors (Lipinski definition) is 3. The average molecular weight is 294 g/mol. The molecule has 1 fully saturated rings. The SMILES string of the molecule is Cc1nn(C)cc1C(=O)NC(C(N)=S)C1CCCCC1. The Kier molecular flexibility index (Phi) is 4.75. The molecule has 3 N–H and O–H groups in total. The van der Waals surface area contributed by atoms with Crippen molar-refractivity contribution in [3.63, 3.8) is 0 Å². The molecule has 0 saturated heterocycles. The van der Waals surface area contributed by atoms with Gasteiger partial charge >= 0.3 is 0 Å². The van der Waals surface area contributed by atoms with E-state index in [2.05, 4.69) is 10.4 Å². The van der Waals surface area contributed by atoms with Crippen molar-refractivity contribution in [3.8, 4) is 0 Å². The van der Waals surface area contributed by atoms with Crippen molar-refractivity contribution < 1.29 is 4.79 Å². The summed E-state index contributed by atoms with van der Waals surface area (Å²) < 4.78 is 1.64. The quantitative estimate of drug-likeness (QED) is 0.829. The molecule has 5 nitrogen and oxygen atoms in total. The molecule has 110 valence electrons. The molecule has 1 aromatic heterocycles. The van der Waals surface area contributed by atoms with Gasteiger partial charge in [-0.05, 0) is 25.7 Å². The van der Waals surface area contributed by atoms with Gasteiger partial charge < -0.3 is 11.1 Å². The summed E-state index contributed by atoms with van der Waals surface area (Å²) in [6.45, 7) is 1.82. The number of nitrogens with one attached hydrogen (secondary N) is 1. The van der Waals surface area contributed by atoms with Gasteiger partial charge in [0.15, 0.2) is 0 Å². The normalized spacial score (nSPS) is 17.7. The third-order valence-electron chi connectivity index (χ3n) is 3.97. The van der Waals surface area contributed by atoms with Crippen LogP contribution in [-0.2, 0) is 7.05 Å². The van der Waals surface area contributed by atoms with Crippen LogP contribution in [0.2, 0.25) is 0 Å². The highest BCUT2D eigenvalue weighted by molar-refractivity contribution is 7.80. The van der Waals surface area contributed by atoms with E-state index in [1.807, 2.05) is 6.92 Å². The van der Waals surface area contributed by atoms with Gasteiger partial charge in [-0.15, -0.1) is 0 Å². The average Bonchev–Trinajstić information content (AvgIpc) is 2.75. The third kappa shape index (κ3) is 3.36. The fourth-order valence-electron chi connectivity index (χ4n) is 2.93. The van der Waals surface area contributed by atoms with Crippen molar-refractivity contribution in [2.24, 2.45) is 18.7 Å².